The van der Waals surface area contributed by atoms with E-state index in [1.807, 2.05) is 6.07 Å². The van der Waals surface area contributed by atoms with Crippen molar-refractivity contribution in [3.8, 4) is 0 Å². The van der Waals surface area contributed by atoms with Gasteiger partial charge in [0.25, 0.3) is 0 Å². The minimum Gasteiger partial charge on any atom is -0.465 e. The molecule has 0 saturated heterocycles. The van der Waals surface area contributed by atoms with Gasteiger partial charge in [0.15, 0.2) is 0 Å². The molecule has 0 aliphatic carbocycles. The van der Waals surface area contributed by atoms with Crippen LogP contribution in [-0.4, -0.2) is 29.4 Å². The molecule has 0 unspecified atom stereocenters. The van der Waals surface area contributed by atoms with Crippen LogP contribution in [0.15, 0.2) is 29.5 Å². The summed E-state index contributed by atoms with van der Waals surface area (Å²) in [5.74, 6) is -0.393. The van der Waals surface area contributed by atoms with Crippen molar-refractivity contribution in [2.75, 3.05) is 13.7 Å². The second-order valence-corrected chi connectivity index (χ2v) is 3.55. The second kappa shape index (κ2) is 5.20. The fraction of sp³-hybridized carbons (Fsp3) is 0.273. The quantitative estimate of drug-likeness (QED) is 0.357. The van der Waals surface area contributed by atoms with Crippen LogP contribution in [-0.2, 0) is 11.3 Å². The molecule has 2 rings (SSSR count). The van der Waals surface area contributed by atoms with Crippen molar-refractivity contribution < 1.29 is 9.53 Å². The molecule has 0 aliphatic rings. The largest absolute Gasteiger partial charge is 0.465 e. The van der Waals surface area contributed by atoms with E-state index in [0.717, 1.165) is 10.9 Å². The topological polar surface area (TPSA) is 92.9 Å². The number of nitrogens with zero attached hydrogens (tertiary/aromatic N) is 5. The molecule has 92 valence electrons. The molecule has 0 spiro atoms. The maximum atomic E-state index is 11.6. The molecule has 0 aliphatic heterocycles. The lowest BCUT2D eigenvalue weighted by molar-refractivity contribution is 0.0603. The van der Waals surface area contributed by atoms with E-state index in [1.54, 1.807) is 23.0 Å². The Labute approximate surface area is 103 Å². The fourth-order valence-electron chi connectivity index (χ4n) is 1.75. The Balaban J connectivity index is 2.41. The summed E-state index contributed by atoms with van der Waals surface area (Å²) in [6.45, 7) is 0.786. The van der Waals surface area contributed by atoms with Crippen molar-refractivity contribution in [1.29, 1.82) is 0 Å². The van der Waals surface area contributed by atoms with Gasteiger partial charge in [0.2, 0.25) is 0 Å². The average molecular weight is 245 g/mol. The van der Waals surface area contributed by atoms with Crippen LogP contribution in [0.4, 0.5) is 0 Å². The summed E-state index contributed by atoms with van der Waals surface area (Å²) in [5.41, 5.74) is 9.51. The lowest BCUT2D eigenvalue weighted by Crippen LogP contribution is -2.04. The SMILES string of the molecule is COC(=O)c1cccc2c1cnn2CCN=[N+]=[N-]. The maximum absolute atomic E-state index is 11.6. The maximum Gasteiger partial charge on any atom is 0.338 e. The number of rotatable bonds is 4. The molecule has 7 nitrogen and oxygen atoms in total. The molecule has 0 fully saturated rings. The Bertz CT molecular complexity index is 627. The highest BCUT2D eigenvalue weighted by atomic mass is 16.5. The number of aromatic nitrogens is 2. The Kier molecular flexibility index (Phi) is 3.45. The van der Waals surface area contributed by atoms with Gasteiger partial charge in [-0.3, -0.25) is 4.68 Å². The zero-order chi connectivity index (χ0) is 13.0. The van der Waals surface area contributed by atoms with Crippen LogP contribution in [0.25, 0.3) is 21.3 Å². The van der Waals surface area contributed by atoms with Gasteiger partial charge in [0.1, 0.15) is 0 Å². The number of fused-ring (bicyclic) bond motifs is 1. The van der Waals surface area contributed by atoms with Crippen molar-refractivity contribution in [3.63, 3.8) is 0 Å². The third-order valence-corrected chi connectivity index (χ3v) is 2.57. The van der Waals surface area contributed by atoms with Gasteiger partial charge < -0.3 is 4.74 Å². The predicted octanol–water partition coefficient (Wildman–Crippen LogP) is 2.13. The number of hydrogen-bond donors (Lipinski definition) is 0. The number of esters is 1. The first-order valence-corrected chi connectivity index (χ1v) is 5.31. The highest BCUT2D eigenvalue weighted by Crippen LogP contribution is 2.19. The van der Waals surface area contributed by atoms with E-state index in [9.17, 15) is 4.79 Å². The number of hydrogen-bond acceptors (Lipinski definition) is 4. The number of carbonyl (C=O) groups excluding carboxylic acids is 1. The summed E-state index contributed by atoms with van der Waals surface area (Å²) < 4.78 is 6.40. The van der Waals surface area contributed by atoms with E-state index in [2.05, 4.69) is 15.1 Å². The summed E-state index contributed by atoms with van der Waals surface area (Å²) in [6, 6.07) is 5.30. The van der Waals surface area contributed by atoms with Crippen molar-refractivity contribution in [2.45, 2.75) is 6.54 Å². The van der Waals surface area contributed by atoms with Crippen LogP contribution in [0.3, 0.4) is 0 Å². The van der Waals surface area contributed by atoms with Gasteiger partial charge >= 0.3 is 5.97 Å². The van der Waals surface area contributed by atoms with Gasteiger partial charge in [0.05, 0.1) is 24.4 Å². The smallest absolute Gasteiger partial charge is 0.338 e. The third kappa shape index (κ3) is 2.11. The molecule has 1 aromatic heterocycles. The monoisotopic (exact) mass is 245 g/mol. The van der Waals surface area contributed by atoms with Gasteiger partial charge in [-0.2, -0.15) is 5.10 Å². The lowest BCUT2D eigenvalue weighted by atomic mass is 10.1. The molecule has 1 aromatic carbocycles. The fourth-order valence-corrected chi connectivity index (χ4v) is 1.75. The molecule has 18 heavy (non-hydrogen) atoms. The van der Waals surface area contributed by atoms with E-state index in [1.165, 1.54) is 7.11 Å². The summed E-state index contributed by atoms with van der Waals surface area (Å²) >= 11 is 0. The van der Waals surface area contributed by atoms with E-state index < -0.39 is 5.97 Å². The molecule has 0 N–H and O–H groups in total. The summed E-state index contributed by atoms with van der Waals surface area (Å²) in [5, 5.41) is 8.35. The number of ether oxygens (including phenoxy) is 1. The average Bonchev–Trinajstić information content (AvgIpc) is 2.81. The second-order valence-electron chi connectivity index (χ2n) is 3.55. The Morgan fingerprint density at radius 2 is 2.44 bits per heavy atom. The molecule has 0 radical (unpaired) electrons. The van der Waals surface area contributed by atoms with E-state index in [4.69, 9.17) is 10.3 Å². The Hall–Kier alpha value is -2.53. The van der Waals surface area contributed by atoms with Crippen LogP contribution in [0, 0.1) is 0 Å². The van der Waals surface area contributed by atoms with Crippen LogP contribution < -0.4 is 0 Å². The van der Waals surface area contributed by atoms with Crippen molar-refractivity contribution in [1.82, 2.24) is 9.78 Å². The molecule has 0 saturated carbocycles. The first kappa shape index (κ1) is 11.9. The number of benzene rings is 1. The molecule has 7 heteroatoms. The van der Waals surface area contributed by atoms with Crippen LogP contribution in [0.2, 0.25) is 0 Å². The molecular weight excluding hydrogens is 234 g/mol. The first-order valence-electron chi connectivity index (χ1n) is 5.31. The number of methoxy groups -OCH3 is 1. The van der Waals surface area contributed by atoms with E-state index in [-0.39, 0.29) is 0 Å². The van der Waals surface area contributed by atoms with E-state index >= 15 is 0 Å². The normalized spacial score (nSPS) is 10.1. The zero-order valence-electron chi connectivity index (χ0n) is 9.78. The lowest BCUT2D eigenvalue weighted by Gasteiger charge is -2.02. The van der Waals surface area contributed by atoms with Gasteiger partial charge in [-0.15, -0.1) is 0 Å². The summed E-state index contributed by atoms with van der Waals surface area (Å²) in [6.07, 6.45) is 1.61. The van der Waals surface area contributed by atoms with Crippen LogP contribution in [0.5, 0.6) is 0 Å². The highest BCUT2D eigenvalue weighted by molar-refractivity contribution is 6.03. The summed E-state index contributed by atoms with van der Waals surface area (Å²) in [7, 11) is 1.34. The van der Waals surface area contributed by atoms with Crippen LogP contribution >= 0.6 is 0 Å². The first-order chi connectivity index (χ1) is 8.77. The number of azide groups is 1. The highest BCUT2D eigenvalue weighted by Gasteiger charge is 2.12. The van der Waals surface area contributed by atoms with Gasteiger partial charge in [-0.25, -0.2) is 4.79 Å². The van der Waals surface area contributed by atoms with E-state index in [0.29, 0.717) is 18.7 Å². The minimum atomic E-state index is -0.393. The minimum absolute atomic E-state index is 0.315. The molecule has 0 atom stereocenters. The standard InChI is InChI=1S/C11H11N5O2/c1-18-11(17)8-3-2-4-10-9(8)7-14-16(10)6-5-13-15-12/h2-4,7H,5-6H2,1H3. The van der Waals surface area contributed by atoms with Gasteiger partial charge in [-0.05, 0) is 17.7 Å². The molecule has 2 aromatic rings. The Morgan fingerprint density at radius 1 is 1.61 bits per heavy atom. The third-order valence-electron chi connectivity index (χ3n) is 2.57. The predicted molar refractivity (Wildman–Crippen MR) is 65.1 cm³/mol. The molecular formula is C11H11N5O2. The van der Waals surface area contributed by atoms with Gasteiger partial charge in [0, 0.05) is 23.4 Å². The number of carbonyl (C=O) groups is 1. The zero-order valence-corrected chi connectivity index (χ0v) is 9.78. The Morgan fingerprint density at radius 3 is 3.17 bits per heavy atom. The van der Waals surface area contributed by atoms with Crippen molar-refractivity contribution >= 4 is 16.9 Å². The molecule has 0 amide bonds. The van der Waals surface area contributed by atoms with Crippen molar-refractivity contribution in [2.24, 2.45) is 5.11 Å². The van der Waals surface area contributed by atoms with Crippen LogP contribution in [0.1, 0.15) is 10.4 Å². The summed E-state index contributed by atoms with van der Waals surface area (Å²) in [4.78, 5) is 14.3. The molecule has 1 heterocycles. The van der Waals surface area contributed by atoms with Crippen molar-refractivity contribution in [3.05, 3.63) is 40.4 Å². The molecule has 0 bridgehead atoms. The van der Waals surface area contributed by atoms with Gasteiger partial charge in [-0.1, -0.05) is 11.2 Å².